The van der Waals surface area contributed by atoms with Gasteiger partial charge in [0.2, 0.25) is 5.91 Å². The van der Waals surface area contributed by atoms with Gasteiger partial charge in [0.15, 0.2) is 0 Å². The molecule has 1 aromatic heterocycles. The molecule has 132 valence electrons. The van der Waals surface area contributed by atoms with Crippen LogP contribution in [0.3, 0.4) is 0 Å². The van der Waals surface area contributed by atoms with E-state index in [4.69, 9.17) is 0 Å². The fourth-order valence-corrected chi connectivity index (χ4v) is 6.55. The quantitative estimate of drug-likeness (QED) is 0.893. The average molecular weight is 348 g/mol. The maximum absolute atomic E-state index is 12.5. The van der Waals surface area contributed by atoms with Crippen molar-refractivity contribution in [1.29, 1.82) is 0 Å². The normalized spacial score (nSPS) is 34.5. The summed E-state index contributed by atoms with van der Waals surface area (Å²) in [5.74, 6) is 2.93. The summed E-state index contributed by atoms with van der Waals surface area (Å²) in [6.45, 7) is 6.95. The van der Waals surface area contributed by atoms with E-state index in [2.05, 4.69) is 36.3 Å². The summed E-state index contributed by atoms with van der Waals surface area (Å²) in [5.41, 5.74) is 0.343. The molecule has 4 bridgehead atoms. The molecule has 5 rings (SSSR count). The Morgan fingerprint density at radius 3 is 2.21 bits per heavy atom. The molecule has 0 aromatic carbocycles. The Morgan fingerprint density at radius 1 is 1.12 bits per heavy atom. The largest absolute Gasteiger partial charge is 0.349 e. The molecule has 1 aromatic rings. The molecule has 4 aliphatic rings. The van der Waals surface area contributed by atoms with E-state index < -0.39 is 0 Å². The molecule has 5 heteroatoms. The van der Waals surface area contributed by atoms with E-state index in [1.165, 1.54) is 38.5 Å². The van der Waals surface area contributed by atoms with Gasteiger partial charge in [0.1, 0.15) is 10.0 Å². The molecule has 0 saturated heterocycles. The van der Waals surface area contributed by atoms with Crippen LogP contribution < -0.4 is 5.32 Å². The molecule has 0 spiro atoms. The third kappa shape index (κ3) is 3.24. The van der Waals surface area contributed by atoms with E-state index >= 15 is 0 Å². The van der Waals surface area contributed by atoms with Crippen LogP contribution in [0.4, 0.5) is 0 Å². The van der Waals surface area contributed by atoms with E-state index in [1.54, 1.807) is 11.3 Å². The predicted molar refractivity (Wildman–Crippen MR) is 95.7 cm³/mol. The molecule has 4 saturated carbocycles. The first-order valence-corrected chi connectivity index (χ1v) is 10.2. The van der Waals surface area contributed by atoms with Crippen molar-refractivity contribution < 1.29 is 4.79 Å². The summed E-state index contributed by atoms with van der Waals surface area (Å²) in [6.07, 6.45) is 8.89. The van der Waals surface area contributed by atoms with Crippen LogP contribution in [0.15, 0.2) is 0 Å². The number of nitrogens with one attached hydrogen (secondary N) is 1. The van der Waals surface area contributed by atoms with E-state index in [0.717, 1.165) is 34.2 Å². The summed E-state index contributed by atoms with van der Waals surface area (Å²) >= 11 is 1.61. The fraction of sp³-hybridized carbons (Fsp3) is 0.842. The van der Waals surface area contributed by atoms with Gasteiger partial charge in [-0.15, -0.1) is 10.2 Å². The Hall–Kier alpha value is -0.970. The maximum atomic E-state index is 12.5. The van der Waals surface area contributed by atoms with Crippen molar-refractivity contribution in [3.8, 4) is 0 Å². The van der Waals surface area contributed by atoms with Gasteiger partial charge in [-0.2, -0.15) is 0 Å². The topological polar surface area (TPSA) is 54.9 Å². The molecule has 0 atom stereocenters. The van der Waals surface area contributed by atoms with Crippen LogP contribution in [-0.4, -0.2) is 16.1 Å². The molecule has 0 unspecified atom stereocenters. The summed E-state index contributed by atoms with van der Waals surface area (Å²) in [4.78, 5) is 12.5. The van der Waals surface area contributed by atoms with Crippen LogP contribution in [0.25, 0.3) is 0 Å². The summed E-state index contributed by atoms with van der Waals surface area (Å²) in [6, 6.07) is 0. The zero-order chi connectivity index (χ0) is 16.9. The second kappa shape index (κ2) is 5.79. The molecule has 0 aliphatic heterocycles. The number of carbonyl (C=O) groups excluding carboxylic acids is 1. The van der Waals surface area contributed by atoms with Gasteiger partial charge < -0.3 is 5.32 Å². The van der Waals surface area contributed by atoms with Crippen LogP contribution >= 0.6 is 11.3 Å². The lowest BCUT2D eigenvalue weighted by Crippen LogP contribution is -2.47. The first-order chi connectivity index (χ1) is 11.3. The lowest BCUT2D eigenvalue weighted by molar-refractivity contribution is -0.129. The molecule has 4 aliphatic carbocycles. The Bertz CT molecular complexity index is 596. The van der Waals surface area contributed by atoms with Crippen LogP contribution in [0.2, 0.25) is 0 Å². The van der Waals surface area contributed by atoms with Crippen LogP contribution in [0, 0.1) is 23.2 Å². The highest BCUT2D eigenvalue weighted by atomic mass is 32.1. The lowest BCUT2D eigenvalue weighted by atomic mass is 9.49. The van der Waals surface area contributed by atoms with Crippen molar-refractivity contribution in [2.24, 2.45) is 23.2 Å². The molecule has 24 heavy (non-hydrogen) atoms. The van der Waals surface area contributed by atoms with E-state index in [1.807, 2.05) is 0 Å². The third-order valence-corrected chi connectivity index (χ3v) is 7.59. The van der Waals surface area contributed by atoms with E-state index in [9.17, 15) is 4.79 Å². The highest BCUT2D eigenvalue weighted by molar-refractivity contribution is 7.11. The number of carbonyl (C=O) groups is 1. The molecule has 1 N–H and O–H groups in total. The van der Waals surface area contributed by atoms with Gasteiger partial charge in [-0.05, 0) is 61.7 Å². The highest BCUT2D eigenvalue weighted by Crippen LogP contribution is 2.61. The second-order valence-corrected chi connectivity index (χ2v) is 10.7. The van der Waals surface area contributed by atoms with Crippen molar-refractivity contribution in [2.45, 2.75) is 77.7 Å². The predicted octanol–water partition coefficient (Wildman–Crippen LogP) is 4.06. The van der Waals surface area contributed by atoms with Gasteiger partial charge in [0.25, 0.3) is 0 Å². The SMILES string of the molecule is CC(C)(C)c1nnc(CNC(=O)CC23CC4CC(CC(C4)C2)C3)s1. The van der Waals surface area contributed by atoms with Crippen LogP contribution in [-0.2, 0) is 16.8 Å². The summed E-state index contributed by atoms with van der Waals surface area (Å²) in [7, 11) is 0. The first-order valence-electron chi connectivity index (χ1n) is 9.41. The second-order valence-electron chi connectivity index (χ2n) is 9.62. The number of hydrogen-bond acceptors (Lipinski definition) is 4. The minimum Gasteiger partial charge on any atom is -0.349 e. The molecule has 4 fully saturated rings. The van der Waals surface area contributed by atoms with Gasteiger partial charge in [-0.3, -0.25) is 4.79 Å². The standard InChI is InChI=1S/C19H29N3OS/c1-18(2,3)17-22-21-16(24-17)11-20-15(23)10-19-7-12-4-13(8-19)6-14(5-12)9-19/h12-14H,4-11H2,1-3H3,(H,20,23). The highest BCUT2D eigenvalue weighted by Gasteiger charge is 2.51. The van der Waals surface area contributed by atoms with Crippen molar-refractivity contribution in [2.75, 3.05) is 0 Å². The lowest BCUT2D eigenvalue weighted by Gasteiger charge is -2.56. The zero-order valence-electron chi connectivity index (χ0n) is 15.1. The Labute approximate surface area is 148 Å². The Morgan fingerprint density at radius 2 is 1.71 bits per heavy atom. The van der Waals surface area contributed by atoms with Crippen LogP contribution in [0.5, 0.6) is 0 Å². The molecule has 4 nitrogen and oxygen atoms in total. The summed E-state index contributed by atoms with van der Waals surface area (Å²) in [5, 5.41) is 13.6. The average Bonchev–Trinajstić information content (AvgIpc) is 2.92. The minimum atomic E-state index is 0.0269. The Balaban J connectivity index is 1.33. The molecule has 1 amide bonds. The third-order valence-electron chi connectivity index (χ3n) is 6.25. The molecular weight excluding hydrogens is 318 g/mol. The molecule has 1 heterocycles. The number of amides is 1. The van der Waals surface area contributed by atoms with Crippen molar-refractivity contribution in [1.82, 2.24) is 15.5 Å². The maximum Gasteiger partial charge on any atom is 0.220 e. The summed E-state index contributed by atoms with van der Waals surface area (Å²) < 4.78 is 0. The monoisotopic (exact) mass is 347 g/mol. The van der Waals surface area contributed by atoms with E-state index in [-0.39, 0.29) is 11.3 Å². The minimum absolute atomic E-state index is 0.0269. The number of nitrogens with zero attached hydrogens (tertiary/aromatic N) is 2. The van der Waals surface area contributed by atoms with Gasteiger partial charge >= 0.3 is 0 Å². The number of aromatic nitrogens is 2. The van der Waals surface area contributed by atoms with Crippen molar-refractivity contribution in [3.63, 3.8) is 0 Å². The number of hydrogen-bond donors (Lipinski definition) is 1. The van der Waals surface area contributed by atoms with Gasteiger partial charge in [-0.25, -0.2) is 0 Å². The molecule has 0 radical (unpaired) electrons. The van der Waals surface area contributed by atoms with Gasteiger partial charge in [-0.1, -0.05) is 32.1 Å². The van der Waals surface area contributed by atoms with Crippen LogP contribution in [0.1, 0.15) is 75.7 Å². The van der Waals surface area contributed by atoms with Gasteiger partial charge in [0.05, 0.1) is 6.54 Å². The van der Waals surface area contributed by atoms with E-state index in [0.29, 0.717) is 12.0 Å². The Kier molecular flexibility index (Phi) is 3.98. The zero-order valence-corrected chi connectivity index (χ0v) is 15.9. The van der Waals surface area contributed by atoms with Gasteiger partial charge in [0, 0.05) is 11.8 Å². The molecular formula is C19H29N3OS. The smallest absolute Gasteiger partial charge is 0.220 e. The number of rotatable bonds is 4. The fourth-order valence-electron chi connectivity index (χ4n) is 5.71. The van der Waals surface area contributed by atoms with Crippen molar-refractivity contribution in [3.05, 3.63) is 10.0 Å². The van der Waals surface area contributed by atoms with Crippen molar-refractivity contribution >= 4 is 17.2 Å². The first kappa shape index (κ1) is 16.5.